The van der Waals surface area contributed by atoms with E-state index in [0.29, 0.717) is 6.54 Å². The first-order valence-corrected chi connectivity index (χ1v) is 12.5. The molecule has 0 fully saturated rings. The highest BCUT2D eigenvalue weighted by Crippen LogP contribution is 2.36. The molecule has 0 atom stereocenters. The third-order valence-corrected chi connectivity index (χ3v) is 6.02. The summed E-state index contributed by atoms with van der Waals surface area (Å²) in [4.78, 5) is 16.1. The molecule has 0 saturated carbocycles. The maximum atomic E-state index is 9.93. The van der Waals surface area contributed by atoms with Crippen molar-refractivity contribution in [3.8, 4) is 5.00 Å². The number of hydrogen-bond acceptors (Lipinski definition) is 5. The number of hydrogen-bond donors (Lipinski definition) is 1. The van der Waals surface area contributed by atoms with E-state index in [-0.39, 0.29) is 5.91 Å². The number of carbonyl (C=O) groups excluding carboxylic acids is 1. The van der Waals surface area contributed by atoms with Crippen LogP contribution in [-0.2, 0) is 11.3 Å². The monoisotopic (exact) mass is 469 g/mol. The largest absolute Gasteiger partial charge is 0.357 e. The Morgan fingerprint density at radius 2 is 1.64 bits per heavy atom. The highest BCUT2D eigenvalue weighted by Gasteiger charge is 2.26. The number of aliphatic imine (C=N–C) groups is 1. The van der Waals surface area contributed by atoms with Gasteiger partial charge in [0, 0.05) is 29.5 Å². The number of fused-ring (bicyclic) bond motifs is 3. The zero-order valence-corrected chi connectivity index (χ0v) is 22.6. The van der Waals surface area contributed by atoms with Gasteiger partial charge >= 0.3 is 0 Å². The summed E-state index contributed by atoms with van der Waals surface area (Å²) in [6, 6.07) is 8.60. The number of benzene rings is 1. The van der Waals surface area contributed by atoms with Crippen LogP contribution < -0.4 is 5.32 Å². The molecule has 1 aliphatic heterocycles. The average Bonchev–Trinajstić information content (AvgIpc) is 3.26. The number of nitrogens with zero attached hydrogens (tertiary/aromatic N) is 4. The second-order valence-electron chi connectivity index (χ2n) is 7.08. The molecule has 3 aromatic rings. The summed E-state index contributed by atoms with van der Waals surface area (Å²) < 4.78 is 2.16. The fraction of sp³-hybridized carbons (Fsp3) is 0.462. The van der Waals surface area contributed by atoms with E-state index in [9.17, 15) is 4.79 Å². The van der Waals surface area contributed by atoms with Crippen molar-refractivity contribution >= 4 is 23.0 Å². The van der Waals surface area contributed by atoms with Crippen molar-refractivity contribution in [2.45, 2.75) is 75.8 Å². The van der Waals surface area contributed by atoms with Crippen LogP contribution in [0.15, 0.2) is 29.3 Å². The lowest BCUT2D eigenvalue weighted by Gasteiger charge is -2.09. The molecular weight excluding hydrogens is 430 g/mol. The van der Waals surface area contributed by atoms with Crippen molar-refractivity contribution in [3.05, 3.63) is 63.0 Å². The van der Waals surface area contributed by atoms with Gasteiger partial charge in [0.05, 0.1) is 5.71 Å². The fourth-order valence-corrected chi connectivity index (χ4v) is 4.47. The number of carbonyl (C=O) groups is 1. The van der Waals surface area contributed by atoms with E-state index in [1.165, 1.54) is 33.5 Å². The van der Waals surface area contributed by atoms with Gasteiger partial charge in [-0.1, -0.05) is 57.5 Å². The van der Waals surface area contributed by atoms with Crippen LogP contribution in [0.3, 0.4) is 0 Å². The van der Waals surface area contributed by atoms with Gasteiger partial charge < -0.3 is 5.32 Å². The molecule has 7 heteroatoms. The van der Waals surface area contributed by atoms with Gasteiger partial charge in [0.2, 0.25) is 5.91 Å². The minimum Gasteiger partial charge on any atom is -0.357 e. The minimum absolute atomic E-state index is 0.0394. The van der Waals surface area contributed by atoms with Crippen molar-refractivity contribution in [2.75, 3.05) is 6.54 Å². The van der Waals surface area contributed by atoms with E-state index in [4.69, 9.17) is 4.99 Å². The molecule has 180 valence electrons. The lowest BCUT2D eigenvalue weighted by molar-refractivity contribution is -0.118. The number of amides is 1. The van der Waals surface area contributed by atoms with E-state index >= 15 is 0 Å². The Bertz CT molecular complexity index is 1060. The van der Waals surface area contributed by atoms with Crippen LogP contribution in [0.5, 0.6) is 0 Å². The first-order chi connectivity index (χ1) is 15.8. The Balaban J connectivity index is 0.000000470. The van der Waals surface area contributed by atoms with Crippen LogP contribution in [0.2, 0.25) is 0 Å². The smallest absolute Gasteiger partial charge is 0.216 e. The Morgan fingerprint density at radius 1 is 1.03 bits per heavy atom. The summed E-state index contributed by atoms with van der Waals surface area (Å²) in [5.41, 5.74) is 6.00. The zero-order valence-electron chi connectivity index (χ0n) is 21.8. The van der Waals surface area contributed by atoms with Crippen molar-refractivity contribution < 1.29 is 4.79 Å². The van der Waals surface area contributed by atoms with Crippen molar-refractivity contribution in [1.82, 2.24) is 20.1 Å². The molecule has 0 aliphatic carbocycles. The van der Waals surface area contributed by atoms with E-state index < -0.39 is 0 Å². The molecular formula is C26H39N5OS. The molecule has 2 aromatic heterocycles. The standard InChI is InChI=1S/C18H18N4S.C4H9NO.2C2H6/c1-10-5-7-14(8-6-10)17-16-11(2)12(3)23-18(16)22-13(4)20-21-15(22)9-19-17;1-3-5-4(2)6;2*1-2/h5-8H,9H2,1-4H3;3H2,1-2H3,(H,5,6);2*1-2H3. The first-order valence-electron chi connectivity index (χ1n) is 11.7. The van der Waals surface area contributed by atoms with Gasteiger partial charge in [-0.15, -0.1) is 21.5 Å². The lowest BCUT2D eigenvalue weighted by atomic mass is 9.99. The highest BCUT2D eigenvalue weighted by molar-refractivity contribution is 7.15. The molecule has 1 N–H and O–H groups in total. The van der Waals surface area contributed by atoms with Crippen LogP contribution in [0.1, 0.15) is 80.3 Å². The van der Waals surface area contributed by atoms with E-state index in [1.54, 1.807) is 11.3 Å². The summed E-state index contributed by atoms with van der Waals surface area (Å²) in [5, 5.41) is 12.3. The van der Waals surface area contributed by atoms with Crippen LogP contribution >= 0.6 is 11.3 Å². The molecule has 0 bridgehead atoms. The highest BCUT2D eigenvalue weighted by atomic mass is 32.1. The molecule has 1 aromatic carbocycles. The number of aryl methyl sites for hydroxylation is 3. The second-order valence-corrected chi connectivity index (χ2v) is 8.28. The summed E-state index contributed by atoms with van der Waals surface area (Å²) in [7, 11) is 0. The molecule has 4 rings (SSSR count). The third kappa shape index (κ3) is 6.84. The van der Waals surface area contributed by atoms with Crippen LogP contribution in [0, 0.1) is 27.7 Å². The van der Waals surface area contributed by atoms with E-state index in [0.717, 1.165) is 29.5 Å². The van der Waals surface area contributed by atoms with E-state index in [2.05, 4.69) is 65.1 Å². The molecule has 33 heavy (non-hydrogen) atoms. The number of aromatic nitrogens is 3. The van der Waals surface area contributed by atoms with Gasteiger partial charge in [-0.3, -0.25) is 14.4 Å². The Morgan fingerprint density at radius 3 is 2.15 bits per heavy atom. The molecule has 0 unspecified atom stereocenters. The Labute approximate surface area is 203 Å². The zero-order chi connectivity index (χ0) is 25.1. The van der Waals surface area contributed by atoms with Crippen LogP contribution in [0.25, 0.3) is 5.00 Å². The normalized spacial score (nSPS) is 11.0. The minimum atomic E-state index is 0.0394. The summed E-state index contributed by atoms with van der Waals surface area (Å²) in [5.74, 6) is 1.87. The molecule has 6 nitrogen and oxygen atoms in total. The molecule has 1 amide bonds. The van der Waals surface area contributed by atoms with Gasteiger partial charge in [-0.25, -0.2) is 0 Å². The number of thiophene rings is 1. The van der Waals surface area contributed by atoms with Crippen molar-refractivity contribution in [2.24, 2.45) is 4.99 Å². The van der Waals surface area contributed by atoms with Gasteiger partial charge in [0.25, 0.3) is 0 Å². The molecule has 1 aliphatic rings. The fourth-order valence-electron chi connectivity index (χ4n) is 3.24. The SMILES string of the molecule is CC.CC.CCNC(C)=O.Cc1ccc(C2=NCc3nnc(C)n3-c3sc(C)c(C)c32)cc1. The van der Waals surface area contributed by atoms with Crippen molar-refractivity contribution in [3.63, 3.8) is 0 Å². The predicted octanol–water partition coefficient (Wildman–Crippen LogP) is 6.11. The van der Waals surface area contributed by atoms with Crippen LogP contribution in [0.4, 0.5) is 0 Å². The molecule has 0 spiro atoms. The Kier molecular flexibility index (Phi) is 11.7. The van der Waals surface area contributed by atoms with Gasteiger partial charge in [-0.2, -0.15) is 0 Å². The lowest BCUT2D eigenvalue weighted by Crippen LogP contribution is -2.18. The second kappa shape index (κ2) is 13.7. The average molecular weight is 470 g/mol. The quantitative estimate of drug-likeness (QED) is 0.492. The maximum Gasteiger partial charge on any atom is 0.216 e. The van der Waals surface area contributed by atoms with Gasteiger partial charge in [-0.05, 0) is 40.2 Å². The third-order valence-electron chi connectivity index (χ3n) is 4.83. The first kappa shape index (κ1) is 28.2. The predicted molar refractivity (Wildman–Crippen MR) is 141 cm³/mol. The molecule has 0 saturated heterocycles. The Hall–Kier alpha value is -2.80. The van der Waals surface area contributed by atoms with Crippen LogP contribution in [-0.4, -0.2) is 32.9 Å². The summed E-state index contributed by atoms with van der Waals surface area (Å²) in [6.07, 6.45) is 0. The number of nitrogens with one attached hydrogen (secondary N) is 1. The summed E-state index contributed by atoms with van der Waals surface area (Å²) >= 11 is 1.80. The maximum absolute atomic E-state index is 9.93. The number of rotatable bonds is 2. The van der Waals surface area contributed by atoms with E-state index in [1.807, 2.05) is 41.5 Å². The van der Waals surface area contributed by atoms with Gasteiger partial charge in [0.15, 0.2) is 5.82 Å². The van der Waals surface area contributed by atoms with Gasteiger partial charge in [0.1, 0.15) is 17.4 Å². The topological polar surface area (TPSA) is 72.2 Å². The molecule has 0 radical (unpaired) electrons. The molecule has 3 heterocycles. The summed E-state index contributed by atoms with van der Waals surface area (Å²) in [6.45, 7) is 21.1. The van der Waals surface area contributed by atoms with Crippen molar-refractivity contribution in [1.29, 1.82) is 0 Å².